The molecule has 0 saturated carbocycles. The Hall–Kier alpha value is -1.35. The van der Waals surface area contributed by atoms with Crippen LogP contribution in [-0.2, 0) is 24.1 Å². The van der Waals surface area contributed by atoms with Gasteiger partial charge in [0.1, 0.15) is 0 Å². The Kier molecular flexibility index (Phi) is 6.44. The molecule has 0 aliphatic heterocycles. The number of nitrogens with one attached hydrogen (secondary N) is 1. The Morgan fingerprint density at radius 2 is 1.95 bits per heavy atom. The van der Waals surface area contributed by atoms with Crippen molar-refractivity contribution in [3.8, 4) is 0 Å². The van der Waals surface area contributed by atoms with Crippen LogP contribution in [0.2, 0.25) is 0 Å². The van der Waals surface area contributed by atoms with Crippen molar-refractivity contribution in [2.45, 2.75) is 58.9 Å². The fourth-order valence-electron chi connectivity index (χ4n) is 3.27. The zero-order chi connectivity index (χ0) is 15.9. The first kappa shape index (κ1) is 17.0. The molecule has 1 aromatic rings. The van der Waals surface area contributed by atoms with E-state index in [2.05, 4.69) is 49.2 Å². The molecule has 3 heteroatoms. The summed E-state index contributed by atoms with van der Waals surface area (Å²) in [5.74, 6) is 0.135. The van der Waals surface area contributed by atoms with Gasteiger partial charge in [-0.1, -0.05) is 25.1 Å². The number of carbonyl (C=O) groups excluding carboxylic acids is 1. The van der Waals surface area contributed by atoms with Crippen LogP contribution in [-0.4, -0.2) is 36.5 Å². The fraction of sp³-hybridized carbons (Fsp3) is 0.632. The summed E-state index contributed by atoms with van der Waals surface area (Å²) in [7, 11) is 0. The third kappa shape index (κ3) is 4.84. The average molecular weight is 302 g/mol. The van der Waals surface area contributed by atoms with E-state index in [1.54, 1.807) is 0 Å². The second-order valence-electron chi connectivity index (χ2n) is 6.56. The number of carbonyl (C=O) groups is 1. The van der Waals surface area contributed by atoms with E-state index in [0.717, 1.165) is 25.2 Å². The van der Waals surface area contributed by atoms with E-state index in [4.69, 9.17) is 0 Å². The molecule has 2 rings (SSSR count). The van der Waals surface area contributed by atoms with Gasteiger partial charge in [-0.2, -0.15) is 0 Å². The lowest BCUT2D eigenvalue weighted by atomic mass is 9.90. The van der Waals surface area contributed by atoms with Crippen LogP contribution in [0.1, 0.15) is 50.3 Å². The van der Waals surface area contributed by atoms with Crippen LogP contribution in [0.15, 0.2) is 18.2 Å². The molecule has 1 N–H and O–H groups in total. The van der Waals surface area contributed by atoms with Gasteiger partial charge in [0, 0.05) is 19.1 Å². The summed E-state index contributed by atoms with van der Waals surface area (Å²) in [6.07, 6.45) is 5.46. The molecular formula is C19H30N2O. The Bertz CT molecular complexity index is 496. The van der Waals surface area contributed by atoms with Crippen molar-refractivity contribution in [1.82, 2.24) is 10.2 Å². The molecule has 0 radical (unpaired) electrons. The maximum absolute atomic E-state index is 12.1. The molecule has 0 unspecified atom stereocenters. The average Bonchev–Trinajstić information content (AvgIpc) is 2.51. The first-order chi connectivity index (χ1) is 10.6. The normalized spacial score (nSPS) is 14.2. The van der Waals surface area contributed by atoms with Crippen molar-refractivity contribution in [3.63, 3.8) is 0 Å². The highest BCUT2D eigenvalue weighted by atomic mass is 16.1. The number of nitrogens with zero attached hydrogens (tertiary/aromatic N) is 1. The van der Waals surface area contributed by atoms with Gasteiger partial charge in [-0.15, -0.1) is 0 Å². The monoisotopic (exact) mass is 302 g/mol. The molecule has 0 bridgehead atoms. The van der Waals surface area contributed by atoms with Gasteiger partial charge in [0.25, 0.3) is 0 Å². The second kappa shape index (κ2) is 8.33. The van der Waals surface area contributed by atoms with Crippen LogP contribution in [0.25, 0.3) is 0 Å². The largest absolute Gasteiger partial charge is 0.355 e. The maximum atomic E-state index is 12.1. The lowest BCUT2D eigenvalue weighted by molar-refractivity contribution is -0.120. The van der Waals surface area contributed by atoms with Gasteiger partial charge in [0.15, 0.2) is 0 Å². The van der Waals surface area contributed by atoms with E-state index in [0.29, 0.717) is 12.5 Å². The van der Waals surface area contributed by atoms with E-state index in [-0.39, 0.29) is 5.91 Å². The fourth-order valence-corrected chi connectivity index (χ4v) is 3.27. The third-order valence-corrected chi connectivity index (χ3v) is 4.64. The number of hydrogen-bond acceptors (Lipinski definition) is 2. The number of rotatable bonds is 7. The van der Waals surface area contributed by atoms with Crippen molar-refractivity contribution >= 4 is 5.91 Å². The lowest BCUT2D eigenvalue weighted by Gasteiger charge is -2.24. The van der Waals surface area contributed by atoms with E-state index in [1.807, 2.05) is 0 Å². The van der Waals surface area contributed by atoms with Crippen molar-refractivity contribution in [2.24, 2.45) is 0 Å². The summed E-state index contributed by atoms with van der Waals surface area (Å²) < 4.78 is 0. The van der Waals surface area contributed by atoms with E-state index < -0.39 is 0 Å². The SMILES string of the molecule is CCN(CCNC(=O)Cc1ccc2c(c1)CCCC2)C(C)C. The highest BCUT2D eigenvalue weighted by Gasteiger charge is 2.11. The van der Waals surface area contributed by atoms with Gasteiger partial charge in [0.05, 0.1) is 6.42 Å². The molecule has 122 valence electrons. The van der Waals surface area contributed by atoms with E-state index >= 15 is 0 Å². The molecule has 1 aliphatic rings. The van der Waals surface area contributed by atoms with Crippen molar-refractivity contribution in [1.29, 1.82) is 0 Å². The van der Waals surface area contributed by atoms with E-state index in [9.17, 15) is 4.79 Å². The first-order valence-corrected chi connectivity index (χ1v) is 8.71. The second-order valence-corrected chi connectivity index (χ2v) is 6.56. The standard InChI is InChI=1S/C19H30N2O/c1-4-21(15(2)3)12-11-20-19(22)14-16-9-10-17-7-5-6-8-18(17)13-16/h9-10,13,15H,4-8,11-12,14H2,1-3H3,(H,20,22). The molecule has 0 atom stereocenters. The number of hydrogen-bond donors (Lipinski definition) is 1. The molecule has 1 aliphatic carbocycles. The van der Waals surface area contributed by atoms with Crippen molar-refractivity contribution in [3.05, 3.63) is 34.9 Å². The summed E-state index contributed by atoms with van der Waals surface area (Å²) in [5.41, 5.74) is 4.08. The third-order valence-electron chi connectivity index (χ3n) is 4.64. The number of amides is 1. The summed E-state index contributed by atoms with van der Waals surface area (Å²) in [6, 6.07) is 7.10. The van der Waals surface area contributed by atoms with Crippen molar-refractivity contribution < 1.29 is 4.79 Å². The molecular weight excluding hydrogens is 272 g/mol. The van der Waals surface area contributed by atoms with Crippen LogP contribution in [0.4, 0.5) is 0 Å². The summed E-state index contributed by atoms with van der Waals surface area (Å²) in [4.78, 5) is 14.5. The predicted molar refractivity (Wildman–Crippen MR) is 92.2 cm³/mol. The van der Waals surface area contributed by atoms with Gasteiger partial charge < -0.3 is 5.32 Å². The quantitative estimate of drug-likeness (QED) is 0.840. The predicted octanol–water partition coefficient (Wildman–Crippen LogP) is 2.95. The zero-order valence-corrected chi connectivity index (χ0v) is 14.3. The minimum atomic E-state index is 0.135. The number of likely N-dealkylation sites (N-methyl/N-ethyl adjacent to an activating group) is 1. The first-order valence-electron chi connectivity index (χ1n) is 8.71. The summed E-state index contributed by atoms with van der Waals surface area (Å²) >= 11 is 0. The molecule has 3 nitrogen and oxygen atoms in total. The number of fused-ring (bicyclic) bond motifs is 1. The summed E-state index contributed by atoms with van der Waals surface area (Å²) in [5, 5.41) is 3.05. The number of benzene rings is 1. The smallest absolute Gasteiger partial charge is 0.224 e. The Morgan fingerprint density at radius 1 is 1.23 bits per heavy atom. The van der Waals surface area contributed by atoms with Crippen molar-refractivity contribution in [2.75, 3.05) is 19.6 Å². The maximum Gasteiger partial charge on any atom is 0.224 e. The van der Waals surface area contributed by atoms with Gasteiger partial charge in [-0.05, 0) is 62.8 Å². The molecule has 22 heavy (non-hydrogen) atoms. The van der Waals surface area contributed by atoms with E-state index in [1.165, 1.54) is 36.8 Å². The minimum Gasteiger partial charge on any atom is -0.355 e. The minimum absolute atomic E-state index is 0.135. The van der Waals surface area contributed by atoms with Gasteiger partial charge in [-0.3, -0.25) is 9.69 Å². The van der Waals surface area contributed by atoms with Gasteiger partial charge in [0.2, 0.25) is 5.91 Å². The van der Waals surface area contributed by atoms with Gasteiger partial charge >= 0.3 is 0 Å². The van der Waals surface area contributed by atoms with Crippen LogP contribution < -0.4 is 5.32 Å². The lowest BCUT2D eigenvalue weighted by Crippen LogP contribution is -2.38. The molecule has 0 spiro atoms. The van der Waals surface area contributed by atoms with Gasteiger partial charge in [-0.25, -0.2) is 0 Å². The molecule has 0 aromatic heterocycles. The zero-order valence-electron chi connectivity index (χ0n) is 14.3. The molecule has 1 aromatic carbocycles. The molecule has 1 amide bonds. The highest BCUT2D eigenvalue weighted by Crippen LogP contribution is 2.22. The van der Waals surface area contributed by atoms with Crippen LogP contribution in [0.3, 0.4) is 0 Å². The van der Waals surface area contributed by atoms with Crippen LogP contribution >= 0.6 is 0 Å². The Morgan fingerprint density at radius 3 is 2.64 bits per heavy atom. The Balaban J connectivity index is 1.79. The molecule has 0 fully saturated rings. The topological polar surface area (TPSA) is 32.3 Å². The molecule has 0 saturated heterocycles. The molecule has 0 heterocycles. The van der Waals surface area contributed by atoms with Crippen LogP contribution in [0, 0.1) is 0 Å². The summed E-state index contributed by atoms with van der Waals surface area (Å²) in [6.45, 7) is 9.23. The number of aryl methyl sites for hydroxylation is 2. The van der Waals surface area contributed by atoms with Crippen LogP contribution in [0.5, 0.6) is 0 Å². The highest BCUT2D eigenvalue weighted by molar-refractivity contribution is 5.78. The Labute approximate surface area is 135 Å².